The van der Waals surface area contributed by atoms with Gasteiger partial charge < -0.3 is 11.1 Å². The van der Waals surface area contributed by atoms with Gasteiger partial charge in [-0.15, -0.1) is 0 Å². The fraction of sp³-hybridized carbons (Fsp3) is 0.308. The maximum atomic E-state index is 5.92. The Hall–Kier alpha value is -2.01. The predicted molar refractivity (Wildman–Crippen MR) is 70.8 cm³/mol. The van der Waals surface area contributed by atoms with E-state index in [2.05, 4.69) is 27.2 Å². The van der Waals surface area contributed by atoms with E-state index < -0.39 is 0 Å². The molecule has 1 atom stereocenters. The Morgan fingerprint density at radius 3 is 2.56 bits per heavy atom. The van der Waals surface area contributed by atoms with Gasteiger partial charge in [0.2, 0.25) is 0 Å². The van der Waals surface area contributed by atoms with Gasteiger partial charge in [-0.3, -0.25) is 0 Å². The van der Waals surface area contributed by atoms with Crippen molar-refractivity contribution in [2.45, 2.75) is 19.4 Å². The van der Waals surface area contributed by atoms with Crippen molar-refractivity contribution in [3.8, 4) is 0 Å². The normalized spacial score (nSPS) is 12.3. The second kappa shape index (κ2) is 6.07. The van der Waals surface area contributed by atoms with Crippen LogP contribution in [0.1, 0.15) is 30.8 Å². The molecule has 0 fully saturated rings. The molecule has 0 radical (unpaired) electrons. The van der Waals surface area contributed by atoms with Gasteiger partial charge in [-0.1, -0.05) is 13.0 Å². The van der Waals surface area contributed by atoms with Gasteiger partial charge in [-0.05, 0) is 25.1 Å². The second-order valence-corrected chi connectivity index (χ2v) is 3.97. The molecule has 2 aromatic rings. The lowest BCUT2D eigenvalue weighted by Crippen LogP contribution is -2.26. The van der Waals surface area contributed by atoms with Gasteiger partial charge in [-0.2, -0.15) is 0 Å². The summed E-state index contributed by atoms with van der Waals surface area (Å²) in [5.41, 5.74) is 6.84. The number of nitrogens with zero attached hydrogens (tertiary/aromatic N) is 3. The number of nitrogens with one attached hydrogen (secondary N) is 1. The zero-order valence-electron chi connectivity index (χ0n) is 10.4. The molecule has 0 aliphatic carbocycles. The van der Waals surface area contributed by atoms with Crippen LogP contribution in [-0.4, -0.2) is 21.5 Å². The van der Waals surface area contributed by atoms with Crippen LogP contribution in [0.3, 0.4) is 0 Å². The van der Waals surface area contributed by atoms with E-state index in [0.29, 0.717) is 11.6 Å². The standard InChI is InChI=1S/C13H17N5/c1-2-6-15-11(13-17-8-4-9-18-13)10-5-3-7-16-12(10)14/h3-5,7-9,11,15H,2,6H2,1H3,(H2,14,16). The summed E-state index contributed by atoms with van der Waals surface area (Å²) in [5, 5.41) is 3.40. The minimum atomic E-state index is -0.111. The van der Waals surface area contributed by atoms with Gasteiger partial charge in [0.1, 0.15) is 11.6 Å². The fourth-order valence-electron chi connectivity index (χ4n) is 1.76. The first-order chi connectivity index (χ1) is 8.83. The Balaban J connectivity index is 2.34. The van der Waals surface area contributed by atoms with Crippen LogP contribution in [0.4, 0.5) is 5.82 Å². The molecule has 0 saturated carbocycles. The fourth-order valence-corrected chi connectivity index (χ4v) is 1.76. The van der Waals surface area contributed by atoms with E-state index in [4.69, 9.17) is 5.73 Å². The van der Waals surface area contributed by atoms with Crippen LogP contribution in [-0.2, 0) is 0 Å². The van der Waals surface area contributed by atoms with E-state index in [-0.39, 0.29) is 6.04 Å². The monoisotopic (exact) mass is 243 g/mol. The number of nitrogen functional groups attached to an aromatic ring is 1. The maximum absolute atomic E-state index is 5.92. The van der Waals surface area contributed by atoms with Crippen LogP contribution in [0.25, 0.3) is 0 Å². The van der Waals surface area contributed by atoms with Crippen molar-refractivity contribution < 1.29 is 0 Å². The molecule has 0 aliphatic heterocycles. The third-order valence-electron chi connectivity index (χ3n) is 2.62. The van der Waals surface area contributed by atoms with Crippen LogP contribution in [0.5, 0.6) is 0 Å². The van der Waals surface area contributed by atoms with E-state index in [9.17, 15) is 0 Å². The van der Waals surface area contributed by atoms with Crippen molar-refractivity contribution in [2.75, 3.05) is 12.3 Å². The molecule has 0 saturated heterocycles. The lowest BCUT2D eigenvalue weighted by molar-refractivity contribution is 0.572. The van der Waals surface area contributed by atoms with Crippen LogP contribution < -0.4 is 11.1 Å². The molecular formula is C13H17N5. The van der Waals surface area contributed by atoms with Crippen molar-refractivity contribution in [1.82, 2.24) is 20.3 Å². The largest absolute Gasteiger partial charge is 0.383 e. The average molecular weight is 243 g/mol. The summed E-state index contributed by atoms with van der Waals surface area (Å²) in [5.74, 6) is 1.23. The summed E-state index contributed by atoms with van der Waals surface area (Å²) in [6.45, 7) is 2.99. The summed E-state index contributed by atoms with van der Waals surface area (Å²) < 4.78 is 0. The van der Waals surface area contributed by atoms with Crippen LogP contribution in [0.15, 0.2) is 36.8 Å². The highest BCUT2D eigenvalue weighted by Crippen LogP contribution is 2.22. The Labute approximate surface area is 106 Å². The summed E-state index contributed by atoms with van der Waals surface area (Å²) in [6, 6.07) is 5.51. The molecule has 2 rings (SSSR count). The number of aromatic nitrogens is 3. The molecule has 0 amide bonds. The minimum Gasteiger partial charge on any atom is -0.383 e. The lowest BCUT2D eigenvalue weighted by atomic mass is 10.1. The van der Waals surface area contributed by atoms with E-state index in [1.165, 1.54) is 0 Å². The number of anilines is 1. The van der Waals surface area contributed by atoms with Gasteiger partial charge in [0.25, 0.3) is 0 Å². The third-order valence-corrected chi connectivity index (χ3v) is 2.62. The zero-order chi connectivity index (χ0) is 12.8. The highest BCUT2D eigenvalue weighted by molar-refractivity contribution is 5.43. The first-order valence-corrected chi connectivity index (χ1v) is 6.03. The molecule has 2 heterocycles. The average Bonchev–Trinajstić information content (AvgIpc) is 2.42. The first kappa shape index (κ1) is 12.4. The quantitative estimate of drug-likeness (QED) is 0.833. The summed E-state index contributed by atoms with van der Waals surface area (Å²) >= 11 is 0. The molecule has 2 aromatic heterocycles. The molecule has 94 valence electrons. The minimum absolute atomic E-state index is 0.111. The molecule has 0 aromatic carbocycles. The lowest BCUT2D eigenvalue weighted by Gasteiger charge is -2.18. The van der Waals surface area contributed by atoms with Gasteiger partial charge in [-0.25, -0.2) is 15.0 Å². The Kier molecular flexibility index (Phi) is 4.20. The van der Waals surface area contributed by atoms with E-state index in [1.54, 1.807) is 24.7 Å². The number of hydrogen-bond donors (Lipinski definition) is 2. The molecule has 0 bridgehead atoms. The van der Waals surface area contributed by atoms with Crippen LogP contribution in [0, 0.1) is 0 Å². The molecule has 0 spiro atoms. The second-order valence-electron chi connectivity index (χ2n) is 3.97. The molecule has 5 nitrogen and oxygen atoms in total. The highest BCUT2D eigenvalue weighted by Gasteiger charge is 2.18. The summed E-state index contributed by atoms with van der Waals surface area (Å²) in [6.07, 6.45) is 6.18. The third kappa shape index (κ3) is 2.81. The molecule has 18 heavy (non-hydrogen) atoms. The predicted octanol–water partition coefficient (Wildman–Crippen LogP) is 1.54. The smallest absolute Gasteiger partial charge is 0.149 e. The van der Waals surface area contributed by atoms with Crippen molar-refractivity contribution in [2.24, 2.45) is 0 Å². The molecule has 1 unspecified atom stereocenters. The van der Waals surface area contributed by atoms with Gasteiger partial charge in [0, 0.05) is 24.2 Å². The molecule has 0 aliphatic rings. The SMILES string of the molecule is CCCNC(c1ncccn1)c1cccnc1N. The van der Waals surface area contributed by atoms with Crippen molar-refractivity contribution in [3.63, 3.8) is 0 Å². The Morgan fingerprint density at radius 1 is 1.17 bits per heavy atom. The van der Waals surface area contributed by atoms with Crippen molar-refractivity contribution in [1.29, 1.82) is 0 Å². The highest BCUT2D eigenvalue weighted by atomic mass is 15.0. The van der Waals surface area contributed by atoms with E-state index in [1.807, 2.05) is 12.1 Å². The van der Waals surface area contributed by atoms with E-state index >= 15 is 0 Å². The van der Waals surface area contributed by atoms with E-state index in [0.717, 1.165) is 18.5 Å². The maximum Gasteiger partial charge on any atom is 0.149 e. The number of nitrogens with two attached hydrogens (primary N) is 1. The van der Waals surface area contributed by atoms with Crippen LogP contribution >= 0.6 is 0 Å². The number of rotatable bonds is 5. The molecular weight excluding hydrogens is 226 g/mol. The van der Waals surface area contributed by atoms with Crippen molar-refractivity contribution in [3.05, 3.63) is 48.2 Å². The van der Waals surface area contributed by atoms with Crippen LogP contribution in [0.2, 0.25) is 0 Å². The summed E-state index contributed by atoms with van der Waals surface area (Å²) in [7, 11) is 0. The number of pyridine rings is 1. The molecule has 5 heteroatoms. The van der Waals surface area contributed by atoms with Gasteiger partial charge >= 0.3 is 0 Å². The summed E-state index contributed by atoms with van der Waals surface area (Å²) in [4.78, 5) is 12.7. The van der Waals surface area contributed by atoms with Crippen molar-refractivity contribution >= 4 is 5.82 Å². The number of hydrogen-bond acceptors (Lipinski definition) is 5. The van der Waals surface area contributed by atoms with Gasteiger partial charge in [0.15, 0.2) is 0 Å². The Bertz CT molecular complexity index is 486. The zero-order valence-corrected chi connectivity index (χ0v) is 10.4. The van der Waals surface area contributed by atoms with Gasteiger partial charge in [0.05, 0.1) is 6.04 Å². The Morgan fingerprint density at radius 2 is 1.89 bits per heavy atom. The topological polar surface area (TPSA) is 76.7 Å². The first-order valence-electron chi connectivity index (χ1n) is 6.03. The molecule has 3 N–H and O–H groups in total.